The summed E-state index contributed by atoms with van der Waals surface area (Å²) < 4.78 is 6.39. The molecule has 0 fully saturated rings. The van der Waals surface area contributed by atoms with Crippen molar-refractivity contribution in [3.05, 3.63) is 21.2 Å². The van der Waals surface area contributed by atoms with Crippen molar-refractivity contribution in [2.45, 2.75) is 27.2 Å². The summed E-state index contributed by atoms with van der Waals surface area (Å²) in [6.45, 7) is 6.26. The molecule has 0 saturated heterocycles. The number of rotatable bonds is 4. The normalized spacial score (nSPS) is 10.3. The number of hydrogen-bond acceptors (Lipinski definition) is 3. The zero-order chi connectivity index (χ0) is 13.9. The first-order chi connectivity index (χ1) is 8.43. The molecule has 0 radical (unpaired) electrons. The Bertz CT molecular complexity index is 473. The van der Waals surface area contributed by atoms with Gasteiger partial charge in [0.05, 0.1) is 12.8 Å². The summed E-state index contributed by atoms with van der Waals surface area (Å²) in [5, 5.41) is 2.87. The van der Waals surface area contributed by atoms with Crippen molar-refractivity contribution in [3.8, 4) is 5.75 Å². The van der Waals surface area contributed by atoms with Crippen LogP contribution in [0.2, 0.25) is 0 Å². The highest BCUT2D eigenvalue weighted by Crippen LogP contribution is 2.39. The van der Waals surface area contributed by atoms with Crippen LogP contribution in [0.25, 0.3) is 0 Å². The first-order valence-electron chi connectivity index (χ1n) is 5.77. The van der Waals surface area contributed by atoms with Crippen LogP contribution in [0.3, 0.4) is 0 Å². The molecule has 1 rings (SSSR count). The number of nitrogens with two attached hydrogens (primary N) is 1. The molecule has 0 heterocycles. The monoisotopic (exact) mass is 314 g/mol. The van der Waals surface area contributed by atoms with Gasteiger partial charge in [-0.25, -0.2) is 0 Å². The van der Waals surface area contributed by atoms with Gasteiger partial charge in [0.1, 0.15) is 5.75 Å². The summed E-state index contributed by atoms with van der Waals surface area (Å²) in [6, 6.07) is 0. The van der Waals surface area contributed by atoms with E-state index in [1.54, 1.807) is 7.11 Å². The first-order valence-corrected chi connectivity index (χ1v) is 6.56. The highest BCUT2D eigenvalue weighted by Gasteiger charge is 2.18. The van der Waals surface area contributed by atoms with Crippen LogP contribution >= 0.6 is 15.9 Å². The van der Waals surface area contributed by atoms with Gasteiger partial charge in [0.2, 0.25) is 5.91 Å². The number of carbonyl (C=O) groups is 1. The Labute approximate surface area is 116 Å². The summed E-state index contributed by atoms with van der Waals surface area (Å²) in [5.41, 5.74) is 9.17. The topological polar surface area (TPSA) is 64.3 Å². The van der Waals surface area contributed by atoms with Crippen LogP contribution in [-0.4, -0.2) is 19.6 Å². The van der Waals surface area contributed by atoms with E-state index in [-0.39, 0.29) is 5.91 Å². The Morgan fingerprint density at radius 1 is 1.28 bits per heavy atom. The summed E-state index contributed by atoms with van der Waals surface area (Å²) in [6.07, 6.45) is 0.299. The molecule has 1 aromatic carbocycles. The van der Waals surface area contributed by atoms with Crippen molar-refractivity contribution < 1.29 is 9.53 Å². The highest BCUT2D eigenvalue weighted by atomic mass is 79.9. The average molecular weight is 315 g/mol. The number of carbonyl (C=O) groups excluding carboxylic acids is 1. The fraction of sp³-hybridized carbons (Fsp3) is 0.462. The summed E-state index contributed by atoms with van der Waals surface area (Å²) >= 11 is 3.54. The Hall–Kier alpha value is -1.07. The van der Waals surface area contributed by atoms with Gasteiger partial charge >= 0.3 is 0 Å². The standard InChI is InChI=1S/C13H19BrN2O2/c1-7-8(2)13(18-4)12(9(3)11(7)14)16-10(17)5-6-15/h5-6,15H2,1-4H3,(H,16,17). The Morgan fingerprint density at radius 2 is 1.89 bits per heavy atom. The van der Waals surface area contributed by atoms with Crippen LogP contribution in [0.1, 0.15) is 23.1 Å². The predicted molar refractivity (Wildman–Crippen MR) is 77.2 cm³/mol. The SMILES string of the molecule is COc1c(C)c(C)c(Br)c(C)c1NC(=O)CCN. The molecule has 0 aromatic heterocycles. The number of hydrogen-bond donors (Lipinski definition) is 2. The quantitative estimate of drug-likeness (QED) is 0.898. The van der Waals surface area contributed by atoms with Crippen molar-refractivity contribution in [2.75, 3.05) is 19.0 Å². The molecule has 0 aliphatic rings. The number of benzene rings is 1. The molecule has 4 nitrogen and oxygen atoms in total. The molecule has 1 amide bonds. The van der Waals surface area contributed by atoms with E-state index in [1.165, 1.54) is 0 Å². The second-order valence-electron chi connectivity index (χ2n) is 4.18. The molecule has 0 saturated carbocycles. The molecule has 0 spiro atoms. The minimum Gasteiger partial charge on any atom is -0.494 e. The van der Waals surface area contributed by atoms with Crippen molar-refractivity contribution >= 4 is 27.5 Å². The third-order valence-corrected chi connectivity index (χ3v) is 4.19. The zero-order valence-electron chi connectivity index (χ0n) is 11.2. The predicted octanol–water partition coefficient (Wildman–Crippen LogP) is 2.67. The van der Waals surface area contributed by atoms with E-state index < -0.39 is 0 Å². The van der Waals surface area contributed by atoms with Gasteiger partial charge in [0.25, 0.3) is 0 Å². The Kier molecular flexibility index (Phi) is 5.16. The van der Waals surface area contributed by atoms with Crippen molar-refractivity contribution in [2.24, 2.45) is 5.73 Å². The maximum absolute atomic E-state index is 11.7. The number of amides is 1. The lowest BCUT2D eigenvalue weighted by Crippen LogP contribution is -2.18. The molecular formula is C13H19BrN2O2. The molecule has 18 heavy (non-hydrogen) atoms. The first kappa shape index (κ1) is 15.0. The van der Waals surface area contributed by atoms with Gasteiger partial charge in [-0.3, -0.25) is 4.79 Å². The van der Waals surface area contributed by atoms with Crippen LogP contribution in [-0.2, 0) is 4.79 Å². The van der Waals surface area contributed by atoms with Crippen LogP contribution < -0.4 is 15.8 Å². The van der Waals surface area contributed by atoms with Gasteiger partial charge in [0.15, 0.2) is 0 Å². The highest BCUT2D eigenvalue weighted by molar-refractivity contribution is 9.10. The maximum Gasteiger partial charge on any atom is 0.225 e. The number of halogens is 1. The molecule has 0 aliphatic carbocycles. The van der Waals surface area contributed by atoms with E-state index >= 15 is 0 Å². The van der Waals surface area contributed by atoms with E-state index in [0.29, 0.717) is 24.4 Å². The maximum atomic E-state index is 11.7. The fourth-order valence-corrected chi connectivity index (χ4v) is 2.32. The van der Waals surface area contributed by atoms with Gasteiger partial charge in [-0.05, 0) is 37.5 Å². The Morgan fingerprint density at radius 3 is 2.39 bits per heavy atom. The molecular weight excluding hydrogens is 296 g/mol. The van der Waals surface area contributed by atoms with Crippen molar-refractivity contribution in [3.63, 3.8) is 0 Å². The molecule has 3 N–H and O–H groups in total. The molecule has 0 atom stereocenters. The molecule has 0 bridgehead atoms. The van der Waals surface area contributed by atoms with E-state index in [1.807, 2.05) is 20.8 Å². The minimum atomic E-state index is -0.103. The third kappa shape index (κ3) is 2.84. The smallest absolute Gasteiger partial charge is 0.225 e. The zero-order valence-corrected chi connectivity index (χ0v) is 12.8. The van der Waals surface area contributed by atoms with Crippen molar-refractivity contribution in [1.82, 2.24) is 0 Å². The van der Waals surface area contributed by atoms with Gasteiger partial charge in [-0.15, -0.1) is 0 Å². The lowest BCUT2D eigenvalue weighted by Gasteiger charge is -2.19. The van der Waals surface area contributed by atoms with Gasteiger partial charge in [0, 0.05) is 17.4 Å². The van der Waals surface area contributed by atoms with E-state index in [9.17, 15) is 4.79 Å². The fourth-order valence-electron chi connectivity index (χ4n) is 1.82. The molecule has 1 aromatic rings. The van der Waals surface area contributed by atoms with Crippen LogP contribution in [0.15, 0.2) is 4.47 Å². The number of ether oxygens (including phenoxy) is 1. The molecule has 100 valence electrons. The van der Waals surface area contributed by atoms with Crippen LogP contribution in [0.4, 0.5) is 5.69 Å². The van der Waals surface area contributed by atoms with Crippen LogP contribution in [0, 0.1) is 20.8 Å². The van der Waals surface area contributed by atoms with Gasteiger partial charge in [-0.2, -0.15) is 0 Å². The third-order valence-electron chi connectivity index (χ3n) is 3.00. The lowest BCUT2D eigenvalue weighted by molar-refractivity contribution is -0.116. The lowest BCUT2D eigenvalue weighted by atomic mass is 10.0. The van der Waals surface area contributed by atoms with E-state index in [4.69, 9.17) is 10.5 Å². The van der Waals surface area contributed by atoms with Crippen LogP contribution in [0.5, 0.6) is 5.75 Å². The van der Waals surface area contributed by atoms with Gasteiger partial charge < -0.3 is 15.8 Å². The summed E-state index contributed by atoms with van der Waals surface area (Å²) in [4.78, 5) is 11.7. The van der Waals surface area contributed by atoms with Gasteiger partial charge in [-0.1, -0.05) is 15.9 Å². The summed E-state index contributed by atoms with van der Waals surface area (Å²) in [5.74, 6) is 0.604. The average Bonchev–Trinajstić information content (AvgIpc) is 2.34. The largest absolute Gasteiger partial charge is 0.494 e. The van der Waals surface area contributed by atoms with E-state index in [2.05, 4.69) is 21.2 Å². The van der Waals surface area contributed by atoms with Crippen molar-refractivity contribution in [1.29, 1.82) is 0 Å². The second-order valence-corrected chi connectivity index (χ2v) is 4.98. The number of methoxy groups -OCH3 is 1. The minimum absolute atomic E-state index is 0.103. The molecule has 5 heteroatoms. The molecule has 0 aliphatic heterocycles. The second kappa shape index (κ2) is 6.20. The molecule has 0 unspecified atom stereocenters. The Balaban J connectivity index is 3.29. The number of nitrogens with one attached hydrogen (secondary N) is 1. The summed E-state index contributed by atoms with van der Waals surface area (Å²) in [7, 11) is 1.60. The number of anilines is 1. The van der Waals surface area contributed by atoms with E-state index in [0.717, 1.165) is 21.2 Å².